The predicted octanol–water partition coefficient (Wildman–Crippen LogP) is 2.90. The SMILES string of the molecule is C#Cc1cnc(Nc2cc(NCC3CCCNC3)c(CC(=O)CCC3CCNCC3)cn2)cn1. The molecule has 2 aliphatic rings. The maximum atomic E-state index is 12.8. The lowest BCUT2D eigenvalue weighted by atomic mass is 9.91. The molecule has 4 rings (SSSR count). The summed E-state index contributed by atoms with van der Waals surface area (Å²) in [6.07, 6.45) is 17.1. The second-order valence-electron chi connectivity index (χ2n) is 9.32. The minimum atomic E-state index is 0.277. The van der Waals surface area contributed by atoms with Gasteiger partial charge in [0.2, 0.25) is 0 Å². The third-order valence-electron chi connectivity index (χ3n) is 6.70. The van der Waals surface area contributed by atoms with Crippen molar-refractivity contribution in [1.82, 2.24) is 25.6 Å². The Morgan fingerprint density at radius 3 is 2.62 bits per heavy atom. The van der Waals surface area contributed by atoms with Crippen molar-refractivity contribution >= 4 is 23.1 Å². The summed E-state index contributed by atoms with van der Waals surface area (Å²) in [6, 6.07) is 1.96. The third-order valence-corrected chi connectivity index (χ3v) is 6.70. The predicted molar refractivity (Wildman–Crippen MR) is 135 cm³/mol. The van der Waals surface area contributed by atoms with Crippen molar-refractivity contribution in [1.29, 1.82) is 0 Å². The molecular formula is C26H35N7O. The van der Waals surface area contributed by atoms with Gasteiger partial charge in [-0.2, -0.15) is 0 Å². The monoisotopic (exact) mass is 461 g/mol. The van der Waals surface area contributed by atoms with Crippen LogP contribution in [0.1, 0.15) is 49.8 Å². The highest BCUT2D eigenvalue weighted by molar-refractivity contribution is 5.82. The van der Waals surface area contributed by atoms with Crippen LogP contribution in [0.15, 0.2) is 24.7 Å². The highest BCUT2D eigenvalue weighted by Gasteiger charge is 2.17. The summed E-state index contributed by atoms with van der Waals surface area (Å²) < 4.78 is 0. The maximum absolute atomic E-state index is 12.8. The normalized spacial score (nSPS) is 18.7. The van der Waals surface area contributed by atoms with Gasteiger partial charge in [-0.05, 0) is 76.0 Å². The molecule has 2 fully saturated rings. The lowest BCUT2D eigenvalue weighted by Crippen LogP contribution is -2.33. The number of hydrogen-bond acceptors (Lipinski definition) is 8. The topological polar surface area (TPSA) is 104 Å². The summed E-state index contributed by atoms with van der Waals surface area (Å²) in [5.41, 5.74) is 2.38. The average Bonchev–Trinajstić information content (AvgIpc) is 2.89. The van der Waals surface area contributed by atoms with Gasteiger partial charge in [-0.1, -0.05) is 0 Å². The summed E-state index contributed by atoms with van der Waals surface area (Å²) in [6.45, 7) is 5.11. The molecule has 34 heavy (non-hydrogen) atoms. The van der Waals surface area contributed by atoms with Crippen molar-refractivity contribution in [3.63, 3.8) is 0 Å². The fourth-order valence-electron chi connectivity index (χ4n) is 4.64. The zero-order valence-corrected chi connectivity index (χ0v) is 19.8. The number of rotatable bonds is 10. The largest absolute Gasteiger partial charge is 0.384 e. The standard InChI is InChI=1S/C26H35N7O/c1-2-22-17-32-26(18-29-22)33-25-13-24(30-15-20-4-3-9-28-14-20)21(16-31-25)12-23(34)6-5-19-7-10-27-11-8-19/h1,13,16-20,27-28H,3-12,14-15H2,(H2,30,31,32,33). The van der Waals surface area contributed by atoms with Gasteiger partial charge in [0.25, 0.3) is 0 Å². The number of terminal acetylenes is 1. The Bertz CT molecular complexity index is 974. The summed E-state index contributed by atoms with van der Waals surface area (Å²) in [4.78, 5) is 25.8. The highest BCUT2D eigenvalue weighted by Crippen LogP contribution is 2.24. The van der Waals surface area contributed by atoms with E-state index in [1.807, 2.05) is 6.07 Å². The summed E-state index contributed by atoms with van der Waals surface area (Å²) >= 11 is 0. The molecule has 8 heteroatoms. The molecule has 180 valence electrons. The Hall–Kier alpha value is -3.02. The molecule has 0 aromatic carbocycles. The van der Waals surface area contributed by atoms with Crippen molar-refractivity contribution in [2.45, 2.75) is 44.9 Å². The van der Waals surface area contributed by atoms with E-state index in [4.69, 9.17) is 6.42 Å². The average molecular weight is 462 g/mol. The number of hydrogen-bond donors (Lipinski definition) is 4. The summed E-state index contributed by atoms with van der Waals surface area (Å²) in [5, 5.41) is 13.6. The first-order valence-corrected chi connectivity index (χ1v) is 12.4. The van der Waals surface area contributed by atoms with E-state index < -0.39 is 0 Å². The van der Waals surface area contributed by atoms with Crippen LogP contribution in [0.4, 0.5) is 17.3 Å². The van der Waals surface area contributed by atoms with Crippen molar-refractivity contribution in [2.75, 3.05) is 43.4 Å². The van der Waals surface area contributed by atoms with Crippen LogP contribution in [-0.2, 0) is 11.2 Å². The maximum Gasteiger partial charge on any atom is 0.150 e. The van der Waals surface area contributed by atoms with Crippen LogP contribution in [0, 0.1) is 24.2 Å². The van der Waals surface area contributed by atoms with E-state index in [2.05, 4.69) is 42.1 Å². The Morgan fingerprint density at radius 2 is 1.88 bits per heavy atom. The number of piperidine rings is 2. The molecule has 4 N–H and O–H groups in total. The molecule has 1 unspecified atom stereocenters. The van der Waals surface area contributed by atoms with E-state index in [1.54, 1.807) is 18.6 Å². The fourth-order valence-corrected chi connectivity index (χ4v) is 4.64. The Morgan fingerprint density at radius 1 is 1.03 bits per heavy atom. The number of ketones is 1. The van der Waals surface area contributed by atoms with Crippen LogP contribution >= 0.6 is 0 Å². The van der Waals surface area contributed by atoms with Crippen LogP contribution in [0.2, 0.25) is 0 Å². The molecule has 0 bridgehead atoms. The van der Waals surface area contributed by atoms with Crippen molar-refractivity contribution in [3.8, 4) is 12.3 Å². The minimum absolute atomic E-state index is 0.277. The number of Topliss-reactive ketones (excluding diaryl/α,β-unsaturated/α-hetero) is 1. The van der Waals surface area contributed by atoms with Gasteiger partial charge in [-0.15, -0.1) is 6.42 Å². The zero-order valence-electron chi connectivity index (χ0n) is 19.8. The molecular weight excluding hydrogens is 426 g/mol. The quantitative estimate of drug-likeness (QED) is 0.401. The van der Waals surface area contributed by atoms with E-state index in [1.165, 1.54) is 25.7 Å². The van der Waals surface area contributed by atoms with E-state index in [0.717, 1.165) is 50.4 Å². The molecule has 2 aromatic rings. The number of carbonyl (C=O) groups is 1. The molecule has 0 radical (unpaired) electrons. The van der Waals surface area contributed by atoms with Gasteiger partial charge >= 0.3 is 0 Å². The van der Waals surface area contributed by atoms with Gasteiger partial charge < -0.3 is 21.3 Å². The van der Waals surface area contributed by atoms with E-state index >= 15 is 0 Å². The number of pyridine rings is 1. The lowest BCUT2D eigenvalue weighted by molar-refractivity contribution is -0.118. The number of nitrogens with zero attached hydrogens (tertiary/aromatic N) is 3. The lowest BCUT2D eigenvalue weighted by Gasteiger charge is -2.24. The first kappa shape index (κ1) is 24.1. The molecule has 2 aromatic heterocycles. The number of nitrogens with one attached hydrogen (secondary N) is 4. The number of carbonyl (C=O) groups excluding carboxylic acids is 1. The Labute approximate surface area is 202 Å². The van der Waals surface area contributed by atoms with Gasteiger partial charge in [-0.25, -0.2) is 15.0 Å². The fraction of sp³-hybridized carbons (Fsp3) is 0.538. The Balaban J connectivity index is 1.42. The summed E-state index contributed by atoms with van der Waals surface area (Å²) in [7, 11) is 0. The molecule has 2 aliphatic heterocycles. The van der Waals surface area contributed by atoms with Crippen molar-refractivity contribution < 1.29 is 4.79 Å². The van der Waals surface area contributed by atoms with Crippen LogP contribution in [0.3, 0.4) is 0 Å². The smallest absolute Gasteiger partial charge is 0.150 e. The van der Waals surface area contributed by atoms with Gasteiger partial charge in [0.1, 0.15) is 23.1 Å². The molecule has 0 aliphatic carbocycles. The second kappa shape index (κ2) is 12.4. The number of aromatic nitrogens is 3. The molecule has 0 spiro atoms. The van der Waals surface area contributed by atoms with Gasteiger partial charge in [-0.3, -0.25) is 4.79 Å². The molecule has 4 heterocycles. The van der Waals surface area contributed by atoms with Crippen LogP contribution in [0.25, 0.3) is 0 Å². The number of anilines is 3. The molecule has 2 saturated heterocycles. The van der Waals surface area contributed by atoms with Crippen LogP contribution < -0.4 is 21.3 Å². The Kier molecular flexibility index (Phi) is 8.83. The first-order chi connectivity index (χ1) is 16.7. The third kappa shape index (κ3) is 7.24. The molecule has 0 amide bonds. The minimum Gasteiger partial charge on any atom is -0.384 e. The van der Waals surface area contributed by atoms with E-state index in [-0.39, 0.29) is 5.78 Å². The van der Waals surface area contributed by atoms with Crippen molar-refractivity contribution in [3.05, 3.63) is 35.9 Å². The van der Waals surface area contributed by atoms with Gasteiger partial charge in [0, 0.05) is 42.9 Å². The van der Waals surface area contributed by atoms with E-state index in [9.17, 15) is 4.79 Å². The van der Waals surface area contributed by atoms with Gasteiger partial charge in [0.05, 0.1) is 12.4 Å². The van der Waals surface area contributed by atoms with Crippen molar-refractivity contribution in [2.24, 2.45) is 11.8 Å². The summed E-state index contributed by atoms with van der Waals surface area (Å²) in [5.74, 6) is 5.20. The van der Waals surface area contributed by atoms with Crippen LogP contribution in [0.5, 0.6) is 0 Å². The van der Waals surface area contributed by atoms with Gasteiger partial charge in [0.15, 0.2) is 0 Å². The van der Waals surface area contributed by atoms with E-state index in [0.29, 0.717) is 42.0 Å². The zero-order chi connectivity index (χ0) is 23.6. The second-order valence-corrected chi connectivity index (χ2v) is 9.32. The molecule has 8 nitrogen and oxygen atoms in total. The first-order valence-electron chi connectivity index (χ1n) is 12.4. The molecule has 0 saturated carbocycles. The van der Waals surface area contributed by atoms with Crippen LogP contribution in [-0.4, -0.2) is 53.5 Å². The molecule has 1 atom stereocenters. The highest BCUT2D eigenvalue weighted by atomic mass is 16.1.